The third-order valence-corrected chi connectivity index (χ3v) is 4.22. The van der Waals surface area contributed by atoms with Gasteiger partial charge in [-0.3, -0.25) is 4.79 Å². The summed E-state index contributed by atoms with van der Waals surface area (Å²) in [6, 6.07) is 7.42. The molecule has 0 atom stereocenters. The number of rotatable bonds is 4. The van der Waals surface area contributed by atoms with Gasteiger partial charge in [-0.05, 0) is 33.2 Å². The third kappa shape index (κ3) is 3.42. The maximum Gasteiger partial charge on any atom is 0.494 e. The SMILES string of the molecule is CN(C)/C=C/C(=O)c1cccc(B2OC(C)(C)C(C)(C)O2)c1. The van der Waals surface area contributed by atoms with E-state index >= 15 is 0 Å². The standard InChI is InChI=1S/C17H24BNO3/c1-16(2)17(3,4)22-18(21-16)14-9-7-8-13(12-14)15(20)10-11-19(5)6/h7-12H,1-6H3/b11-10+. The van der Waals surface area contributed by atoms with Crippen LogP contribution in [0.4, 0.5) is 0 Å². The van der Waals surface area contributed by atoms with Gasteiger partial charge in [-0.15, -0.1) is 0 Å². The molecule has 1 aliphatic rings. The topological polar surface area (TPSA) is 38.8 Å². The predicted molar refractivity (Wildman–Crippen MR) is 89.3 cm³/mol. The maximum absolute atomic E-state index is 12.2. The van der Waals surface area contributed by atoms with Crippen molar-refractivity contribution in [1.82, 2.24) is 4.90 Å². The first kappa shape index (κ1) is 16.8. The van der Waals surface area contributed by atoms with Crippen LogP contribution in [0.2, 0.25) is 0 Å². The summed E-state index contributed by atoms with van der Waals surface area (Å²) in [5, 5.41) is 0. The van der Waals surface area contributed by atoms with Gasteiger partial charge in [0.2, 0.25) is 0 Å². The van der Waals surface area contributed by atoms with Crippen LogP contribution in [0.1, 0.15) is 38.1 Å². The summed E-state index contributed by atoms with van der Waals surface area (Å²) in [6.45, 7) is 8.06. The monoisotopic (exact) mass is 301 g/mol. The molecule has 0 spiro atoms. The van der Waals surface area contributed by atoms with Crippen LogP contribution < -0.4 is 5.46 Å². The van der Waals surface area contributed by atoms with E-state index in [2.05, 4.69) is 0 Å². The van der Waals surface area contributed by atoms with Crippen molar-refractivity contribution >= 4 is 18.4 Å². The van der Waals surface area contributed by atoms with Gasteiger partial charge >= 0.3 is 7.12 Å². The van der Waals surface area contributed by atoms with E-state index in [1.165, 1.54) is 0 Å². The van der Waals surface area contributed by atoms with Crippen LogP contribution in [0.25, 0.3) is 0 Å². The zero-order valence-electron chi connectivity index (χ0n) is 14.2. The van der Waals surface area contributed by atoms with Gasteiger partial charge in [0, 0.05) is 31.9 Å². The quantitative estimate of drug-likeness (QED) is 0.486. The number of hydrogen-bond donors (Lipinski definition) is 0. The Morgan fingerprint density at radius 2 is 1.73 bits per heavy atom. The molecule has 0 aliphatic carbocycles. The molecule has 0 saturated carbocycles. The smallest absolute Gasteiger partial charge is 0.399 e. The van der Waals surface area contributed by atoms with Crippen LogP contribution in [-0.4, -0.2) is 43.1 Å². The molecule has 1 saturated heterocycles. The lowest BCUT2D eigenvalue weighted by Crippen LogP contribution is -2.41. The van der Waals surface area contributed by atoms with Crippen LogP contribution in [0, 0.1) is 0 Å². The molecule has 118 valence electrons. The molecule has 2 rings (SSSR count). The van der Waals surface area contributed by atoms with Crippen molar-refractivity contribution in [1.29, 1.82) is 0 Å². The van der Waals surface area contributed by atoms with Crippen molar-refractivity contribution in [2.45, 2.75) is 38.9 Å². The molecule has 1 aromatic carbocycles. The molecule has 5 heteroatoms. The summed E-state index contributed by atoms with van der Waals surface area (Å²) < 4.78 is 12.0. The van der Waals surface area contributed by atoms with Gasteiger partial charge in [0.1, 0.15) is 0 Å². The molecule has 0 unspecified atom stereocenters. The third-order valence-electron chi connectivity index (χ3n) is 4.22. The molecular formula is C17H24BNO3. The molecule has 22 heavy (non-hydrogen) atoms. The molecule has 1 fully saturated rings. The van der Waals surface area contributed by atoms with Gasteiger partial charge in [0.05, 0.1) is 11.2 Å². The Morgan fingerprint density at radius 1 is 1.14 bits per heavy atom. The Hall–Kier alpha value is -1.59. The van der Waals surface area contributed by atoms with Gasteiger partial charge in [-0.25, -0.2) is 0 Å². The second kappa shape index (κ2) is 5.90. The Morgan fingerprint density at radius 3 is 2.27 bits per heavy atom. The zero-order chi connectivity index (χ0) is 16.5. The fraction of sp³-hybridized carbons (Fsp3) is 0.471. The lowest BCUT2D eigenvalue weighted by Gasteiger charge is -2.32. The number of carbonyl (C=O) groups excluding carboxylic acids is 1. The van der Waals surface area contributed by atoms with E-state index in [4.69, 9.17) is 9.31 Å². The minimum Gasteiger partial charge on any atom is -0.399 e. The van der Waals surface area contributed by atoms with Crippen molar-refractivity contribution in [2.24, 2.45) is 0 Å². The average Bonchev–Trinajstić information content (AvgIpc) is 2.65. The van der Waals surface area contributed by atoms with E-state index in [1.54, 1.807) is 18.3 Å². The van der Waals surface area contributed by atoms with Gasteiger partial charge < -0.3 is 14.2 Å². The second-order valence-electron chi connectivity index (χ2n) is 6.86. The van der Waals surface area contributed by atoms with Gasteiger partial charge in [-0.1, -0.05) is 24.3 Å². The Bertz CT molecular complexity index is 577. The first-order chi connectivity index (χ1) is 10.1. The van der Waals surface area contributed by atoms with E-state index in [9.17, 15) is 4.79 Å². The minimum absolute atomic E-state index is 0.0351. The van der Waals surface area contributed by atoms with E-state index in [0.29, 0.717) is 5.56 Å². The summed E-state index contributed by atoms with van der Waals surface area (Å²) in [4.78, 5) is 14.0. The first-order valence-corrected chi connectivity index (χ1v) is 7.47. The number of allylic oxidation sites excluding steroid dienone is 1. The van der Waals surface area contributed by atoms with E-state index in [0.717, 1.165) is 5.46 Å². The molecule has 1 aliphatic heterocycles. The average molecular weight is 301 g/mol. The zero-order valence-corrected chi connectivity index (χ0v) is 14.2. The molecule has 0 bridgehead atoms. The highest BCUT2D eigenvalue weighted by atomic mass is 16.7. The highest BCUT2D eigenvalue weighted by molar-refractivity contribution is 6.62. The van der Waals surface area contributed by atoms with Crippen molar-refractivity contribution in [2.75, 3.05) is 14.1 Å². The number of nitrogens with zero attached hydrogens (tertiary/aromatic N) is 1. The predicted octanol–water partition coefficient (Wildman–Crippen LogP) is 2.24. The van der Waals surface area contributed by atoms with Crippen molar-refractivity contribution in [3.8, 4) is 0 Å². The first-order valence-electron chi connectivity index (χ1n) is 7.47. The van der Waals surface area contributed by atoms with E-state index in [-0.39, 0.29) is 17.0 Å². The molecular weight excluding hydrogens is 277 g/mol. The second-order valence-corrected chi connectivity index (χ2v) is 6.86. The summed E-state index contributed by atoms with van der Waals surface area (Å²) in [5.74, 6) is -0.0351. The number of hydrogen-bond acceptors (Lipinski definition) is 4. The van der Waals surface area contributed by atoms with Crippen molar-refractivity contribution in [3.63, 3.8) is 0 Å². The molecule has 0 N–H and O–H groups in total. The van der Waals surface area contributed by atoms with Gasteiger partial charge in [0.15, 0.2) is 5.78 Å². The number of ketones is 1. The molecule has 1 aromatic rings. The van der Waals surface area contributed by atoms with Crippen LogP contribution in [0.3, 0.4) is 0 Å². The summed E-state index contributed by atoms with van der Waals surface area (Å²) in [6.07, 6.45) is 3.30. The fourth-order valence-electron chi connectivity index (χ4n) is 2.13. The lowest BCUT2D eigenvalue weighted by atomic mass is 9.78. The fourth-order valence-corrected chi connectivity index (χ4v) is 2.13. The Balaban J connectivity index is 2.22. The van der Waals surface area contributed by atoms with Gasteiger partial charge in [0.25, 0.3) is 0 Å². The summed E-state index contributed by atoms with van der Waals surface area (Å²) >= 11 is 0. The normalized spacial score (nSPS) is 19.6. The number of carbonyl (C=O) groups is 1. The Labute approximate surface area is 133 Å². The molecule has 0 amide bonds. The van der Waals surface area contributed by atoms with Crippen molar-refractivity contribution < 1.29 is 14.1 Å². The lowest BCUT2D eigenvalue weighted by molar-refractivity contribution is 0.00578. The van der Waals surface area contributed by atoms with Crippen LogP contribution >= 0.6 is 0 Å². The highest BCUT2D eigenvalue weighted by Crippen LogP contribution is 2.36. The molecule has 4 nitrogen and oxygen atoms in total. The minimum atomic E-state index is -0.449. The van der Waals surface area contributed by atoms with Gasteiger partial charge in [-0.2, -0.15) is 0 Å². The summed E-state index contributed by atoms with van der Waals surface area (Å²) in [5.41, 5.74) is 0.721. The van der Waals surface area contributed by atoms with Crippen molar-refractivity contribution in [3.05, 3.63) is 42.1 Å². The summed E-state index contributed by atoms with van der Waals surface area (Å²) in [7, 11) is 3.31. The molecule has 0 radical (unpaired) electrons. The Kier molecular flexibility index (Phi) is 4.50. The largest absolute Gasteiger partial charge is 0.494 e. The number of benzene rings is 1. The maximum atomic E-state index is 12.2. The molecule has 0 aromatic heterocycles. The van der Waals surface area contributed by atoms with E-state index in [1.807, 2.05) is 64.9 Å². The highest BCUT2D eigenvalue weighted by Gasteiger charge is 2.51. The van der Waals surface area contributed by atoms with Crippen LogP contribution in [-0.2, 0) is 9.31 Å². The van der Waals surface area contributed by atoms with E-state index < -0.39 is 7.12 Å². The van der Waals surface area contributed by atoms with Crippen LogP contribution in [0.15, 0.2) is 36.5 Å². The van der Waals surface area contributed by atoms with Crippen LogP contribution in [0.5, 0.6) is 0 Å². The molecule has 1 heterocycles.